The molecule has 0 aromatic carbocycles. The van der Waals surface area contributed by atoms with E-state index in [1.807, 2.05) is 0 Å². The van der Waals surface area contributed by atoms with Gasteiger partial charge in [0.25, 0.3) is 5.65 Å². The van der Waals surface area contributed by atoms with Gasteiger partial charge in [-0.1, -0.05) is 0 Å². The zero-order valence-corrected chi connectivity index (χ0v) is 5.65. The van der Waals surface area contributed by atoms with E-state index >= 15 is 0 Å². The first-order chi connectivity index (χ1) is 5.29. The van der Waals surface area contributed by atoms with Gasteiger partial charge in [0, 0.05) is 0 Å². The molecule has 0 aliphatic heterocycles. The predicted octanol–water partition coefficient (Wildman–Crippen LogP) is -1.46. The number of H-pyrrole nitrogens is 1. The fraction of sp³-hybridized carbons (Fsp3) is 0. The number of rotatable bonds is 0. The van der Waals surface area contributed by atoms with Crippen molar-refractivity contribution in [1.82, 2.24) is 15.0 Å². The van der Waals surface area contributed by atoms with Gasteiger partial charge in [0.2, 0.25) is 0 Å². The van der Waals surface area contributed by atoms with Crippen molar-refractivity contribution in [1.29, 1.82) is 0 Å². The van der Waals surface area contributed by atoms with Gasteiger partial charge < -0.3 is 10.7 Å². The van der Waals surface area contributed by atoms with Crippen molar-refractivity contribution < 1.29 is 4.68 Å². The average Bonchev–Trinajstić information content (AvgIpc) is 2.45. The van der Waals surface area contributed by atoms with E-state index in [2.05, 4.69) is 15.0 Å². The summed E-state index contributed by atoms with van der Waals surface area (Å²) in [4.78, 5) is 10.6. The van der Waals surface area contributed by atoms with Gasteiger partial charge in [-0.25, -0.2) is 0 Å². The highest BCUT2D eigenvalue weighted by Gasteiger charge is 2.09. The number of fused-ring (bicyclic) bond motifs is 1. The summed E-state index contributed by atoms with van der Waals surface area (Å²) in [6, 6.07) is 0. The number of aromatic nitrogens is 4. The Morgan fingerprint density at radius 2 is 2.27 bits per heavy atom. The number of imidazole rings is 1. The summed E-state index contributed by atoms with van der Waals surface area (Å²) in [6.45, 7) is 0. The molecule has 2 heterocycles. The van der Waals surface area contributed by atoms with Gasteiger partial charge in [0.15, 0.2) is 6.33 Å². The van der Waals surface area contributed by atoms with Crippen LogP contribution in [0.1, 0.15) is 0 Å². The molecule has 0 radical (unpaired) electrons. The number of nitrogens with zero attached hydrogens (tertiary/aromatic N) is 3. The monoisotopic (exact) mass is 151 g/mol. The van der Waals surface area contributed by atoms with E-state index < -0.39 is 0 Å². The Bertz CT molecular complexity index is 391. The lowest BCUT2D eigenvalue weighted by atomic mass is 10.5. The van der Waals surface area contributed by atoms with Crippen LogP contribution in [0.3, 0.4) is 0 Å². The van der Waals surface area contributed by atoms with E-state index in [0.717, 1.165) is 5.52 Å². The fourth-order valence-electron chi connectivity index (χ4n) is 0.885. The first-order valence-corrected chi connectivity index (χ1v) is 3.04. The van der Waals surface area contributed by atoms with E-state index in [1.54, 1.807) is 6.20 Å². The van der Waals surface area contributed by atoms with Gasteiger partial charge in [0.05, 0.1) is 0 Å². The van der Waals surface area contributed by atoms with Crippen molar-refractivity contribution >= 4 is 17.1 Å². The van der Waals surface area contributed by atoms with Crippen molar-refractivity contribution in [2.75, 3.05) is 11.6 Å². The van der Waals surface area contributed by atoms with Crippen LogP contribution in [0.25, 0.3) is 11.2 Å². The first-order valence-electron chi connectivity index (χ1n) is 3.04. The van der Waals surface area contributed by atoms with Gasteiger partial charge >= 0.3 is 5.95 Å². The van der Waals surface area contributed by atoms with Crippen LogP contribution in [-0.4, -0.2) is 15.0 Å². The summed E-state index contributed by atoms with van der Waals surface area (Å²) in [7, 11) is 0. The quantitative estimate of drug-likeness (QED) is 0.316. The lowest BCUT2D eigenvalue weighted by molar-refractivity contribution is -0.600. The second-order valence-corrected chi connectivity index (χ2v) is 2.13. The molecule has 2 aromatic heterocycles. The maximum atomic E-state index is 5.51. The maximum absolute atomic E-state index is 5.51. The van der Waals surface area contributed by atoms with Crippen LogP contribution in [0, 0.1) is 0 Å². The molecule has 0 amide bonds. The normalized spacial score (nSPS) is 10.5. The molecule has 2 aromatic rings. The Balaban J connectivity index is 2.93. The molecule has 0 unspecified atom stereocenters. The molecule has 11 heavy (non-hydrogen) atoms. The van der Waals surface area contributed by atoms with E-state index in [4.69, 9.17) is 11.6 Å². The van der Waals surface area contributed by atoms with Crippen LogP contribution in [0.2, 0.25) is 0 Å². The van der Waals surface area contributed by atoms with Crippen LogP contribution in [0.15, 0.2) is 12.5 Å². The molecule has 0 aliphatic rings. The zero-order valence-electron chi connectivity index (χ0n) is 5.65. The minimum absolute atomic E-state index is 0.240. The van der Waals surface area contributed by atoms with Crippen LogP contribution >= 0.6 is 0 Å². The van der Waals surface area contributed by atoms with Crippen molar-refractivity contribution in [3.8, 4) is 0 Å². The lowest BCUT2D eigenvalue weighted by Crippen LogP contribution is -2.48. The van der Waals surface area contributed by atoms with Crippen LogP contribution in [0.5, 0.6) is 0 Å². The minimum Gasteiger partial charge on any atom is -0.329 e. The molecule has 0 spiro atoms. The molecule has 0 atom stereocenters. The molecule has 5 N–H and O–H groups in total. The number of nitrogens with one attached hydrogen (secondary N) is 1. The Labute approximate surface area is 61.8 Å². The van der Waals surface area contributed by atoms with E-state index in [1.165, 1.54) is 11.0 Å². The first kappa shape index (κ1) is 5.90. The Hall–Kier alpha value is -1.85. The molecule has 6 heteroatoms. The van der Waals surface area contributed by atoms with Gasteiger partial charge in [-0.05, 0) is 0 Å². The number of aromatic amines is 1. The number of hydrogen-bond acceptors (Lipinski definition) is 4. The van der Waals surface area contributed by atoms with Crippen LogP contribution in [0.4, 0.5) is 5.95 Å². The average molecular weight is 151 g/mol. The van der Waals surface area contributed by atoms with Crippen molar-refractivity contribution in [2.45, 2.75) is 0 Å². The summed E-state index contributed by atoms with van der Waals surface area (Å²) in [5.74, 6) is 5.75. The van der Waals surface area contributed by atoms with Crippen LogP contribution in [-0.2, 0) is 0 Å². The molecule has 0 bridgehead atoms. The number of anilines is 1. The lowest BCUT2D eigenvalue weighted by Gasteiger charge is -1.92. The molecule has 0 aliphatic carbocycles. The van der Waals surface area contributed by atoms with E-state index in [9.17, 15) is 0 Å². The summed E-state index contributed by atoms with van der Waals surface area (Å²) in [6.07, 6.45) is 3.12. The predicted molar refractivity (Wildman–Crippen MR) is 38.6 cm³/mol. The second kappa shape index (κ2) is 1.82. The second-order valence-electron chi connectivity index (χ2n) is 2.13. The van der Waals surface area contributed by atoms with E-state index in [-0.39, 0.29) is 5.95 Å². The smallest absolute Gasteiger partial charge is 0.329 e. The maximum Gasteiger partial charge on any atom is 0.366 e. The zero-order chi connectivity index (χ0) is 7.84. The number of nitrogen functional groups attached to an aromatic ring is 2. The SMILES string of the molecule is Nc1ncc2[nH]cnc2[n+]1N. The largest absolute Gasteiger partial charge is 0.366 e. The summed E-state index contributed by atoms with van der Waals surface area (Å²) in [5, 5.41) is 0. The molecule has 0 fully saturated rings. The minimum atomic E-state index is 0.240. The standard InChI is InChI=1S/C5H6N6/c6-5-8-1-3-4(11(5)7)10-2-9-3/h1-2H,7H2,(H2,6,8,9,10)/p+1. The Morgan fingerprint density at radius 3 is 3.09 bits per heavy atom. The fourth-order valence-corrected chi connectivity index (χ4v) is 0.885. The van der Waals surface area contributed by atoms with Gasteiger partial charge in [-0.3, -0.25) is 5.84 Å². The summed E-state index contributed by atoms with van der Waals surface area (Å²) >= 11 is 0. The molecular formula is C5H7N6+. The Morgan fingerprint density at radius 1 is 1.45 bits per heavy atom. The molecule has 56 valence electrons. The molecule has 0 saturated heterocycles. The van der Waals surface area contributed by atoms with Gasteiger partial charge in [-0.15, -0.1) is 14.6 Å². The highest BCUT2D eigenvalue weighted by molar-refractivity contribution is 5.65. The highest BCUT2D eigenvalue weighted by Crippen LogP contribution is 2.00. The topological polar surface area (TPSA) is 97.5 Å². The van der Waals surface area contributed by atoms with Crippen molar-refractivity contribution in [2.24, 2.45) is 0 Å². The van der Waals surface area contributed by atoms with Gasteiger partial charge in [0.1, 0.15) is 11.7 Å². The molecular weight excluding hydrogens is 144 g/mol. The third-order valence-electron chi connectivity index (χ3n) is 1.45. The number of hydrogen-bond donors (Lipinski definition) is 3. The van der Waals surface area contributed by atoms with E-state index in [0.29, 0.717) is 5.65 Å². The molecule has 2 rings (SSSR count). The third kappa shape index (κ3) is 0.689. The Kier molecular flexibility index (Phi) is 0.974. The number of nitrogens with two attached hydrogens (primary N) is 2. The van der Waals surface area contributed by atoms with Crippen molar-refractivity contribution in [3.63, 3.8) is 0 Å². The third-order valence-corrected chi connectivity index (χ3v) is 1.45. The van der Waals surface area contributed by atoms with Gasteiger partial charge in [-0.2, -0.15) is 0 Å². The van der Waals surface area contributed by atoms with Crippen LogP contribution < -0.4 is 16.3 Å². The molecule has 6 nitrogen and oxygen atoms in total. The highest BCUT2D eigenvalue weighted by atomic mass is 15.4. The van der Waals surface area contributed by atoms with Crippen molar-refractivity contribution in [3.05, 3.63) is 12.5 Å². The summed E-state index contributed by atoms with van der Waals surface area (Å²) < 4.78 is 1.23. The summed E-state index contributed by atoms with van der Waals surface area (Å²) in [5.41, 5.74) is 6.78. The molecule has 0 saturated carbocycles.